The van der Waals surface area contributed by atoms with E-state index in [1.165, 1.54) is 25.5 Å². The standard InChI is InChI=1S/C30H39NO4/c1-23(9-5-3-6-10-24-11-7-4-8-12-24)28(32)19-17-27-18-20-29(33)31(27)22-21-25-13-15-26(16-14-25)30(34)35-2/h4,7-8,11-17,19,23,27-28,32H,3,5-6,9-10,18,20-22H2,1-2H3/t23-,27-,28-/m0/s1. The summed E-state index contributed by atoms with van der Waals surface area (Å²) in [5.74, 6) is 0.00471. The van der Waals surface area contributed by atoms with E-state index in [0.29, 0.717) is 18.5 Å². The lowest BCUT2D eigenvalue weighted by atomic mass is 9.95. The number of rotatable bonds is 13. The highest BCUT2D eigenvalue weighted by atomic mass is 16.5. The first kappa shape index (κ1) is 26.7. The number of hydrogen-bond donors (Lipinski definition) is 1. The molecule has 1 aliphatic heterocycles. The molecule has 0 spiro atoms. The molecule has 0 radical (unpaired) electrons. The van der Waals surface area contributed by atoms with Gasteiger partial charge < -0.3 is 14.7 Å². The lowest BCUT2D eigenvalue weighted by molar-refractivity contribution is -0.128. The molecule has 1 saturated heterocycles. The van der Waals surface area contributed by atoms with Crippen LogP contribution in [0.3, 0.4) is 0 Å². The van der Waals surface area contributed by atoms with Crippen molar-refractivity contribution in [2.24, 2.45) is 5.92 Å². The molecule has 0 unspecified atom stereocenters. The van der Waals surface area contributed by atoms with E-state index in [1.807, 2.05) is 35.3 Å². The summed E-state index contributed by atoms with van der Waals surface area (Å²) in [6.45, 7) is 2.72. The number of carbonyl (C=O) groups excluding carboxylic acids is 2. The number of hydrogen-bond acceptors (Lipinski definition) is 4. The molecule has 1 fully saturated rings. The van der Waals surface area contributed by atoms with E-state index in [2.05, 4.69) is 31.2 Å². The molecule has 0 saturated carbocycles. The largest absolute Gasteiger partial charge is 0.465 e. The molecule has 3 atom stereocenters. The van der Waals surface area contributed by atoms with Crippen molar-refractivity contribution in [3.8, 4) is 0 Å². The lowest BCUT2D eigenvalue weighted by Gasteiger charge is -2.23. The summed E-state index contributed by atoms with van der Waals surface area (Å²) in [4.78, 5) is 25.9. The summed E-state index contributed by atoms with van der Waals surface area (Å²) in [5.41, 5.74) is 2.98. The van der Waals surface area contributed by atoms with Gasteiger partial charge in [-0.1, -0.05) is 74.4 Å². The van der Waals surface area contributed by atoms with Crippen molar-refractivity contribution in [1.29, 1.82) is 0 Å². The Hall–Kier alpha value is -2.92. The third kappa shape index (κ3) is 8.36. The van der Waals surface area contributed by atoms with Crippen LogP contribution in [0, 0.1) is 5.92 Å². The first-order valence-corrected chi connectivity index (χ1v) is 12.8. The van der Waals surface area contributed by atoms with Crippen LogP contribution in [0.5, 0.6) is 0 Å². The van der Waals surface area contributed by atoms with E-state index < -0.39 is 6.10 Å². The Labute approximate surface area is 209 Å². The smallest absolute Gasteiger partial charge is 0.337 e. The van der Waals surface area contributed by atoms with Crippen LogP contribution in [-0.4, -0.2) is 47.7 Å². The second kappa shape index (κ2) is 13.8. The molecule has 35 heavy (non-hydrogen) atoms. The molecule has 3 rings (SSSR count). The summed E-state index contributed by atoms with van der Waals surface area (Å²) in [5, 5.41) is 10.6. The zero-order chi connectivity index (χ0) is 25.0. The molecule has 2 aromatic carbocycles. The Bertz CT molecular complexity index is 954. The number of ether oxygens (including phenoxy) is 1. The zero-order valence-corrected chi connectivity index (χ0v) is 21.1. The van der Waals surface area contributed by atoms with Crippen molar-refractivity contribution in [2.45, 2.75) is 70.4 Å². The van der Waals surface area contributed by atoms with Gasteiger partial charge in [-0.05, 0) is 61.3 Å². The molecule has 1 heterocycles. The fourth-order valence-electron chi connectivity index (χ4n) is 4.64. The van der Waals surface area contributed by atoms with Crippen LogP contribution in [0.25, 0.3) is 0 Å². The molecular weight excluding hydrogens is 438 g/mol. The van der Waals surface area contributed by atoms with Gasteiger partial charge in [-0.25, -0.2) is 4.79 Å². The third-order valence-corrected chi connectivity index (χ3v) is 6.97. The van der Waals surface area contributed by atoms with Gasteiger partial charge in [0.15, 0.2) is 0 Å². The van der Waals surface area contributed by atoms with Gasteiger partial charge in [-0.15, -0.1) is 0 Å². The summed E-state index contributed by atoms with van der Waals surface area (Å²) in [7, 11) is 1.37. The van der Waals surface area contributed by atoms with Crippen LogP contribution in [0.4, 0.5) is 0 Å². The van der Waals surface area contributed by atoms with Crippen LogP contribution in [0.2, 0.25) is 0 Å². The minimum absolute atomic E-state index is 0.0320. The Balaban J connectivity index is 1.40. The van der Waals surface area contributed by atoms with E-state index in [-0.39, 0.29) is 23.8 Å². The molecule has 5 nitrogen and oxygen atoms in total. The summed E-state index contributed by atoms with van der Waals surface area (Å²) in [6, 6.07) is 17.9. The number of likely N-dealkylation sites (tertiary alicyclic amines) is 1. The maximum absolute atomic E-state index is 12.4. The Morgan fingerprint density at radius 2 is 1.77 bits per heavy atom. The van der Waals surface area contributed by atoms with Crippen LogP contribution in [-0.2, 0) is 22.4 Å². The number of amides is 1. The molecule has 0 aliphatic carbocycles. The van der Waals surface area contributed by atoms with E-state index in [4.69, 9.17) is 4.74 Å². The third-order valence-electron chi connectivity index (χ3n) is 6.97. The highest BCUT2D eigenvalue weighted by Gasteiger charge is 2.29. The highest BCUT2D eigenvalue weighted by molar-refractivity contribution is 5.89. The average Bonchev–Trinajstić information content (AvgIpc) is 3.25. The monoisotopic (exact) mass is 477 g/mol. The number of benzene rings is 2. The van der Waals surface area contributed by atoms with Crippen molar-refractivity contribution in [2.75, 3.05) is 13.7 Å². The number of aryl methyl sites for hydroxylation is 1. The quantitative estimate of drug-likeness (QED) is 0.239. The van der Waals surface area contributed by atoms with Crippen molar-refractivity contribution < 1.29 is 19.4 Å². The predicted octanol–water partition coefficient (Wildman–Crippen LogP) is 5.36. The van der Waals surface area contributed by atoms with Gasteiger partial charge >= 0.3 is 5.97 Å². The summed E-state index contributed by atoms with van der Waals surface area (Å²) >= 11 is 0. The Morgan fingerprint density at radius 1 is 1.06 bits per heavy atom. The molecule has 2 aromatic rings. The zero-order valence-electron chi connectivity index (χ0n) is 21.1. The Morgan fingerprint density at radius 3 is 2.49 bits per heavy atom. The van der Waals surface area contributed by atoms with Crippen molar-refractivity contribution in [3.63, 3.8) is 0 Å². The van der Waals surface area contributed by atoms with Crippen LogP contribution in [0.15, 0.2) is 66.7 Å². The fraction of sp³-hybridized carbons (Fsp3) is 0.467. The normalized spacial score (nSPS) is 17.6. The lowest BCUT2D eigenvalue weighted by Crippen LogP contribution is -2.34. The van der Waals surface area contributed by atoms with Crippen molar-refractivity contribution >= 4 is 11.9 Å². The van der Waals surface area contributed by atoms with Gasteiger partial charge in [-0.3, -0.25) is 4.79 Å². The molecule has 1 N–H and O–H groups in total. The molecule has 0 aromatic heterocycles. The highest BCUT2D eigenvalue weighted by Crippen LogP contribution is 2.22. The van der Waals surface area contributed by atoms with Gasteiger partial charge in [0.2, 0.25) is 5.91 Å². The summed E-state index contributed by atoms with van der Waals surface area (Å²) in [6.07, 6.45) is 11.0. The van der Waals surface area contributed by atoms with Crippen molar-refractivity contribution in [3.05, 3.63) is 83.4 Å². The molecule has 5 heteroatoms. The van der Waals surface area contributed by atoms with Gasteiger partial charge in [0, 0.05) is 13.0 Å². The minimum atomic E-state index is -0.493. The number of aliphatic hydroxyl groups is 1. The first-order valence-electron chi connectivity index (χ1n) is 12.8. The van der Waals surface area contributed by atoms with E-state index in [9.17, 15) is 14.7 Å². The van der Waals surface area contributed by atoms with Gasteiger partial charge in [-0.2, -0.15) is 0 Å². The van der Waals surface area contributed by atoms with Crippen LogP contribution < -0.4 is 0 Å². The van der Waals surface area contributed by atoms with Gasteiger partial charge in [0.1, 0.15) is 0 Å². The molecular formula is C30H39NO4. The molecule has 1 aliphatic rings. The predicted molar refractivity (Wildman–Crippen MR) is 139 cm³/mol. The van der Waals surface area contributed by atoms with Crippen LogP contribution >= 0.6 is 0 Å². The number of methoxy groups -OCH3 is 1. The van der Waals surface area contributed by atoms with E-state index in [1.54, 1.807) is 12.1 Å². The first-order chi connectivity index (χ1) is 17.0. The topological polar surface area (TPSA) is 66.8 Å². The number of aliphatic hydroxyl groups excluding tert-OH is 1. The number of unbranched alkanes of at least 4 members (excludes halogenated alkanes) is 2. The second-order valence-corrected chi connectivity index (χ2v) is 9.57. The molecule has 188 valence electrons. The number of nitrogens with zero attached hydrogens (tertiary/aromatic N) is 1. The van der Waals surface area contributed by atoms with Crippen LogP contribution in [0.1, 0.15) is 66.9 Å². The number of esters is 1. The maximum atomic E-state index is 12.4. The average molecular weight is 478 g/mol. The minimum Gasteiger partial charge on any atom is -0.465 e. The van der Waals surface area contributed by atoms with E-state index >= 15 is 0 Å². The van der Waals surface area contributed by atoms with Gasteiger partial charge in [0.05, 0.1) is 24.8 Å². The van der Waals surface area contributed by atoms with E-state index in [0.717, 1.165) is 37.7 Å². The fourth-order valence-corrected chi connectivity index (χ4v) is 4.64. The van der Waals surface area contributed by atoms with Gasteiger partial charge in [0.25, 0.3) is 0 Å². The molecule has 0 bridgehead atoms. The molecule has 1 amide bonds. The maximum Gasteiger partial charge on any atom is 0.337 e. The van der Waals surface area contributed by atoms with Crippen molar-refractivity contribution in [1.82, 2.24) is 4.90 Å². The Kier molecular flexibility index (Phi) is 10.5. The summed E-state index contributed by atoms with van der Waals surface area (Å²) < 4.78 is 4.74. The SMILES string of the molecule is COC(=O)c1ccc(CCN2C(=O)CC[C@@H]2C=C[C@H](O)[C@@H](C)CCCCCc2ccccc2)cc1. The second-order valence-electron chi connectivity index (χ2n) is 9.57. The number of carbonyl (C=O) groups is 2.